The second kappa shape index (κ2) is 5.04. The molecule has 0 spiro atoms. The van der Waals surface area contributed by atoms with Crippen LogP contribution in [0.25, 0.3) is 33.9 Å². The van der Waals surface area contributed by atoms with E-state index in [0.29, 0.717) is 5.89 Å². The van der Waals surface area contributed by atoms with Gasteiger partial charge in [0.25, 0.3) is 0 Å². The Morgan fingerprint density at radius 1 is 0.905 bits per heavy atom. The highest BCUT2D eigenvalue weighted by Gasteiger charge is 2.10. The zero-order valence-electron chi connectivity index (χ0n) is 10.9. The summed E-state index contributed by atoms with van der Waals surface area (Å²) in [7, 11) is 0. The van der Waals surface area contributed by atoms with Crippen LogP contribution in [0.15, 0.2) is 69.7 Å². The van der Waals surface area contributed by atoms with Crippen LogP contribution in [0.2, 0.25) is 0 Å². The van der Waals surface area contributed by atoms with Crippen LogP contribution in [-0.2, 0) is 0 Å². The molecule has 4 heteroatoms. The lowest BCUT2D eigenvalue weighted by molar-refractivity contribution is 0.582. The van der Waals surface area contributed by atoms with E-state index in [0.717, 1.165) is 31.6 Å². The molecule has 0 amide bonds. The molecule has 2 aromatic carbocycles. The second-order valence-corrected chi connectivity index (χ2v) is 5.93. The lowest BCUT2D eigenvalue weighted by Gasteiger charge is -1.94. The molecule has 0 saturated heterocycles. The molecule has 4 aromatic rings. The van der Waals surface area contributed by atoms with Crippen molar-refractivity contribution in [3.05, 3.63) is 64.4 Å². The molecule has 3 nitrogen and oxygen atoms in total. The molecule has 102 valence electrons. The maximum Gasteiger partial charge on any atom is 0.227 e. The fourth-order valence-corrected chi connectivity index (χ4v) is 2.81. The number of nitrogens with zero attached hydrogens (tertiary/aromatic N) is 1. The van der Waals surface area contributed by atoms with E-state index in [2.05, 4.69) is 33.6 Å². The van der Waals surface area contributed by atoms with E-state index in [1.165, 1.54) is 0 Å². The molecule has 0 bridgehead atoms. The number of oxazole rings is 1. The van der Waals surface area contributed by atoms with Gasteiger partial charge in [-0.2, -0.15) is 0 Å². The van der Waals surface area contributed by atoms with Gasteiger partial charge >= 0.3 is 0 Å². The zero-order valence-corrected chi connectivity index (χ0v) is 13.1. The van der Waals surface area contributed by atoms with E-state index in [1.807, 2.05) is 48.5 Å². The van der Waals surface area contributed by atoms with E-state index in [1.54, 1.807) is 6.26 Å². The highest BCUT2D eigenvalue weighted by atomic mass is 127. The van der Waals surface area contributed by atoms with E-state index in [9.17, 15) is 0 Å². The summed E-state index contributed by atoms with van der Waals surface area (Å²) in [6, 6.07) is 17.8. The molecule has 4 rings (SSSR count). The second-order valence-electron chi connectivity index (χ2n) is 4.69. The third-order valence-corrected chi connectivity index (χ3v) is 3.94. The Bertz CT molecular complexity index is 910. The van der Waals surface area contributed by atoms with Crippen molar-refractivity contribution >= 4 is 33.7 Å². The number of hydrogen-bond acceptors (Lipinski definition) is 3. The maximum absolute atomic E-state index is 5.84. The van der Waals surface area contributed by atoms with Crippen molar-refractivity contribution in [3.8, 4) is 22.8 Å². The Balaban J connectivity index is 1.83. The Labute approximate surface area is 134 Å². The number of furan rings is 1. The highest BCUT2D eigenvalue weighted by Crippen LogP contribution is 2.29. The molecular weight excluding hydrogens is 377 g/mol. The van der Waals surface area contributed by atoms with Crippen LogP contribution in [0, 0.1) is 3.57 Å². The first-order chi connectivity index (χ1) is 10.3. The van der Waals surface area contributed by atoms with Crippen LogP contribution in [0.4, 0.5) is 0 Å². The SMILES string of the molecule is Ic1cccc(-c2nc3cc(-c4ccco4)ccc3o2)c1. The van der Waals surface area contributed by atoms with Crippen molar-refractivity contribution in [1.29, 1.82) is 0 Å². The molecular formula is C17H10INO2. The van der Waals surface area contributed by atoms with Gasteiger partial charge in [-0.1, -0.05) is 6.07 Å². The van der Waals surface area contributed by atoms with Crippen LogP contribution < -0.4 is 0 Å². The van der Waals surface area contributed by atoms with Crippen LogP contribution in [0.5, 0.6) is 0 Å². The van der Waals surface area contributed by atoms with Crippen molar-refractivity contribution in [1.82, 2.24) is 4.98 Å². The van der Waals surface area contributed by atoms with Crippen LogP contribution in [-0.4, -0.2) is 4.98 Å². The number of aromatic nitrogens is 1. The summed E-state index contributed by atoms with van der Waals surface area (Å²) in [6.07, 6.45) is 1.67. The molecule has 0 atom stereocenters. The molecule has 0 aliphatic heterocycles. The predicted molar refractivity (Wildman–Crippen MR) is 89.9 cm³/mol. The maximum atomic E-state index is 5.84. The highest BCUT2D eigenvalue weighted by molar-refractivity contribution is 14.1. The molecule has 0 aliphatic carbocycles. The number of halogens is 1. The number of benzene rings is 2. The van der Waals surface area contributed by atoms with Gasteiger partial charge in [0.15, 0.2) is 5.58 Å². The normalized spacial score (nSPS) is 11.1. The Kier molecular flexibility index (Phi) is 3.03. The van der Waals surface area contributed by atoms with E-state index in [4.69, 9.17) is 8.83 Å². The summed E-state index contributed by atoms with van der Waals surface area (Å²) in [5.74, 6) is 1.47. The van der Waals surface area contributed by atoms with Crippen LogP contribution in [0.1, 0.15) is 0 Å². The predicted octanol–water partition coefficient (Wildman–Crippen LogP) is 5.36. The van der Waals surface area contributed by atoms with Gasteiger partial charge in [0.1, 0.15) is 11.3 Å². The molecule has 2 aromatic heterocycles. The largest absolute Gasteiger partial charge is 0.464 e. The summed E-state index contributed by atoms with van der Waals surface area (Å²) in [6.45, 7) is 0. The summed E-state index contributed by atoms with van der Waals surface area (Å²) >= 11 is 2.28. The average molecular weight is 387 g/mol. The molecule has 0 unspecified atom stereocenters. The minimum absolute atomic E-state index is 0.639. The summed E-state index contributed by atoms with van der Waals surface area (Å²) in [4.78, 5) is 4.58. The molecule has 21 heavy (non-hydrogen) atoms. The number of rotatable bonds is 2. The summed E-state index contributed by atoms with van der Waals surface area (Å²) in [5, 5.41) is 0. The Morgan fingerprint density at radius 3 is 2.67 bits per heavy atom. The third-order valence-electron chi connectivity index (χ3n) is 3.26. The fraction of sp³-hybridized carbons (Fsp3) is 0. The molecule has 0 radical (unpaired) electrons. The molecule has 2 heterocycles. The van der Waals surface area contributed by atoms with Gasteiger partial charge in [-0.05, 0) is 71.1 Å². The summed E-state index contributed by atoms with van der Waals surface area (Å²) < 4.78 is 12.4. The molecule has 0 fully saturated rings. The lowest BCUT2D eigenvalue weighted by Crippen LogP contribution is -1.78. The fourth-order valence-electron chi connectivity index (χ4n) is 2.27. The van der Waals surface area contributed by atoms with Crippen LogP contribution in [0.3, 0.4) is 0 Å². The zero-order chi connectivity index (χ0) is 14.2. The van der Waals surface area contributed by atoms with Crippen LogP contribution >= 0.6 is 22.6 Å². The van der Waals surface area contributed by atoms with Crippen molar-refractivity contribution in [3.63, 3.8) is 0 Å². The average Bonchev–Trinajstić information content (AvgIpc) is 3.16. The topological polar surface area (TPSA) is 39.2 Å². The molecule has 0 saturated carbocycles. The molecule has 0 N–H and O–H groups in total. The standard InChI is InChI=1S/C17H10INO2/c18-13-4-1-3-12(9-13)17-19-14-10-11(6-7-16(14)21-17)15-5-2-8-20-15/h1-10H. The Morgan fingerprint density at radius 2 is 1.86 bits per heavy atom. The van der Waals surface area contributed by atoms with Crippen molar-refractivity contribution in [2.45, 2.75) is 0 Å². The minimum Gasteiger partial charge on any atom is -0.464 e. The van der Waals surface area contributed by atoms with Gasteiger partial charge in [0.2, 0.25) is 5.89 Å². The van der Waals surface area contributed by atoms with Crippen molar-refractivity contribution in [2.75, 3.05) is 0 Å². The van der Waals surface area contributed by atoms with Gasteiger partial charge < -0.3 is 8.83 Å². The minimum atomic E-state index is 0.639. The van der Waals surface area contributed by atoms with E-state index in [-0.39, 0.29) is 0 Å². The smallest absolute Gasteiger partial charge is 0.227 e. The first-order valence-corrected chi connectivity index (χ1v) is 7.58. The monoisotopic (exact) mass is 387 g/mol. The van der Waals surface area contributed by atoms with E-state index >= 15 is 0 Å². The third kappa shape index (κ3) is 2.35. The van der Waals surface area contributed by atoms with Crippen molar-refractivity contribution < 1.29 is 8.83 Å². The van der Waals surface area contributed by atoms with Gasteiger partial charge in [-0.25, -0.2) is 4.98 Å². The Hall–Kier alpha value is -2.08. The van der Waals surface area contributed by atoms with Gasteiger partial charge in [-0.15, -0.1) is 0 Å². The first-order valence-electron chi connectivity index (χ1n) is 6.50. The van der Waals surface area contributed by atoms with Crippen molar-refractivity contribution in [2.24, 2.45) is 0 Å². The van der Waals surface area contributed by atoms with Gasteiger partial charge in [0, 0.05) is 14.7 Å². The molecule has 0 aliphatic rings. The quantitative estimate of drug-likeness (QED) is 0.435. The number of fused-ring (bicyclic) bond motifs is 1. The summed E-state index contributed by atoms with van der Waals surface area (Å²) in [5.41, 5.74) is 3.59. The van der Waals surface area contributed by atoms with Gasteiger partial charge in [-0.3, -0.25) is 0 Å². The first kappa shape index (κ1) is 12.6. The van der Waals surface area contributed by atoms with Gasteiger partial charge in [0.05, 0.1) is 6.26 Å². The number of hydrogen-bond donors (Lipinski definition) is 0. The lowest BCUT2D eigenvalue weighted by atomic mass is 10.1. The van der Waals surface area contributed by atoms with E-state index < -0.39 is 0 Å².